The van der Waals surface area contributed by atoms with E-state index in [0.717, 1.165) is 0 Å². The Labute approximate surface area is 75.9 Å². The van der Waals surface area contributed by atoms with Gasteiger partial charge < -0.3 is 5.11 Å². The van der Waals surface area contributed by atoms with Crippen LogP contribution in [0.1, 0.15) is 0 Å². The molecule has 0 saturated heterocycles. The van der Waals surface area contributed by atoms with Crippen LogP contribution in [0, 0.1) is 5.92 Å². The van der Waals surface area contributed by atoms with E-state index in [1.165, 1.54) is 0 Å². The molecule has 0 amide bonds. The SMILES string of the molecule is O=S(=O)(O)CN=C([O-])C1C=CC=C1. The van der Waals surface area contributed by atoms with Crippen LogP contribution < -0.4 is 5.11 Å². The third kappa shape index (κ3) is 3.39. The van der Waals surface area contributed by atoms with E-state index in [2.05, 4.69) is 4.99 Å². The quantitative estimate of drug-likeness (QED) is 0.373. The van der Waals surface area contributed by atoms with Crippen molar-refractivity contribution in [2.75, 3.05) is 5.88 Å². The lowest BCUT2D eigenvalue weighted by atomic mass is 10.2. The second-order valence-corrected chi connectivity index (χ2v) is 3.92. The Kier molecular flexibility index (Phi) is 2.84. The van der Waals surface area contributed by atoms with Crippen LogP contribution in [-0.2, 0) is 10.1 Å². The van der Waals surface area contributed by atoms with Gasteiger partial charge in [-0.25, -0.2) is 0 Å². The van der Waals surface area contributed by atoms with Crippen LogP contribution in [-0.4, -0.2) is 24.7 Å². The van der Waals surface area contributed by atoms with Gasteiger partial charge in [0.25, 0.3) is 10.1 Å². The minimum atomic E-state index is -4.18. The molecule has 1 rings (SSSR count). The average molecular weight is 202 g/mol. The highest BCUT2D eigenvalue weighted by molar-refractivity contribution is 7.85. The highest BCUT2D eigenvalue weighted by Gasteiger charge is 2.05. The Morgan fingerprint density at radius 1 is 1.46 bits per heavy atom. The topological polar surface area (TPSA) is 89.8 Å². The Morgan fingerprint density at radius 2 is 2.00 bits per heavy atom. The normalized spacial score (nSPS) is 18.4. The molecule has 5 nitrogen and oxygen atoms in total. The summed E-state index contributed by atoms with van der Waals surface area (Å²) in [6, 6.07) is 0. The van der Waals surface area contributed by atoms with Crippen molar-refractivity contribution < 1.29 is 18.1 Å². The zero-order chi connectivity index (χ0) is 9.90. The molecule has 0 aromatic heterocycles. The first-order valence-corrected chi connectivity index (χ1v) is 5.11. The monoisotopic (exact) mass is 202 g/mol. The second kappa shape index (κ2) is 3.71. The van der Waals surface area contributed by atoms with Crippen LogP contribution in [0.15, 0.2) is 29.3 Å². The van der Waals surface area contributed by atoms with Crippen LogP contribution in [0.4, 0.5) is 0 Å². The van der Waals surface area contributed by atoms with Gasteiger partial charge in [0, 0.05) is 5.92 Å². The van der Waals surface area contributed by atoms with E-state index >= 15 is 0 Å². The van der Waals surface area contributed by atoms with Crippen molar-refractivity contribution in [3.05, 3.63) is 24.3 Å². The molecule has 0 atom stereocenters. The Bertz CT molecular complexity index is 354. The van der Waals surface area contributed by atoms with Gasteiger partial charge in [-0.15, -0.1) is 0 Å². The van der Waals surface area contributed by atoms with Crippen LogP contribution in [0.2, 0.25) is 0 Å². The lowest BCUT2D eigenvalue weighted by molar-refractivity contribution is -0.220. The van der Waals surface area contributed by atoms with Gasteiger partial charge in [0.15, 0.2) is 5.88 Å². The van der Waals surface area contributed by atoms with Crippen LogP contribution in [0.25, 0.3) is 0 Å². The Morgan fingerprint density at radius 3 is 2.46 bits per heavy atom. The molecule has 1 N–H and O–H groups in total. The molecule has 0 heterocycles. The van der Waals surface area contributed by atoms with Gasteiger partial charge >= 0.3 is 0 Å². The molecule has 0 saturated carbocycles. The van der Waals surface area contributed by atoms with E-state index < -0.39 is 27.8 Å². The summed E-state index contributed by atoms with van der Waals surface area (Å²) < 4.78 is 28.7. The van der Waals surface area contributed by atoms with Gasteiger partial charge in [0.05, 0.1) is 0 Å². The van der Waals surface area contributed by atoms with Gasteiger partial charge in [-0.05, 0) is 5.90 Å². The molecule has 0 spiro atoms. The minimum absolute atomic E-state index is 0.484. The van der Waals surface area contributed by atoms with Crippen LogP contribution >= 0.6 is 0 Å². The molecule has 6 heteroatoms. The number of rotatable bonds is 3. The standard InChI is InChI=1S/C7H9NO4S/c9-7(6-3-1-2-4-6)8-5-13(10,11)12/h1-4,6H,5H2,(H,8,9)(H,10,11,12)/p-1. The lowest BCUT2D eigenvalue weighted by Gasteiger charge is -2.13. The Hall–Kier alpha value is -1.14. The first-order valence-electron chi connectivity index (χ1n) is 3.50. The summed E-state index contributed by atoms with van der Waals surface area (Å²) in [6.07, 6.45) is 6.53. The van der Waals surface area contributed by atoms with E-state index in [1.54, 1.807) is 24.3 Å². The predicted octanol–water partition coefficient (Wildman–Crippen LogP) is -0.667. The summed E-state index contributed by atoms with van der Waals surface area (Å²) in [7, 11) is -4.18. The fraction of sp³-hybridized carbons (Fsp3) is 0.286. The maximum Gasteiger partial charge on any atom is 0.285 e. The summed E-state index contributed by atoms with van der Waals surface area (Å²) in [5.41, 5.74) is 0. The number of hydrogen-bond acceptors (Lipinski definition) is 4. The summed E-state index contributed by atoms with van der Waals surface area (Å²) in [5, 5.41) is 11.0. The molecule has 0 unspecified atom stereocenters. The molecule has 0 radical (unpaired) electrons. The molecule has 72 valence electrons. The van der Waals surface area contributed by atoms with Gasteiger partial charge in [0.2, 0.25) is 0 Å². The molecular formula is C7H8NO4S-. The van der Waals surface area contributed by atoms with Gasteiger partial charge in [0.1, 0.15) is 0 Å². The van der Waals surface area contributed by atoms with Crippen molar-refractivity contribution in [3.63, 3.8) is 0 Å². The fourth-order valence-corrected chi connectivity index (χ4v) is 1.14. The van der Waals surface area contributed by atoms with Crippen LogP contribution in [0.5, 0.6) is 0 Å². The largest absolute Gasteiger partial charge is 0.861 e. The van der Waals surface area contributed by atoms with E-state index in [4.69, 9.17) is 4.55 Å². The van der Waals surface area contributed by atoms with Crippen LogP contribution in [0.3, 0.4) is 0 Å². The van der Waals surface area contributed by atoms with Gasteiger partial charge in [-0.1, -0.05) is 24.3 Å². The number of hydrogen-bond donors (Lipinski definition) is 1. The molecule has 0 aromatic carbocycles. The number of allylic oxidation sites excluding steroid dienone is 2. The summed E-state index contributed by atoms with van der Waals surface area (Å²) in [5.74, 6) is -1.92. The molecule has 0 aliphatic heterocycles. The molecule has 1 aliphatic carbocycles. The molecule has 0 bridgehead atoms. The van der Waals surface area contributed by atoms with Crippen molar-refractivity contribution in [3.8, 4) is 0 Å². The molecule has 0 aromatic rings. The second-order valence-electron chi connectivity index (χ2n) is 2.50. The number of aliphatic imine (C=N–C) groups is 1. The van der Waals surface area contributed by atoms with Crippen molar-refractivity contribution in [2.45, 2.75) is 0 Å². The van der Waals surface area contributed by atoms with Crippen molar-refractivity contribution in [1.29, 1.82) is 0 Å². The molecule has 13 heavy (non-hydrogen) atoms. The van der Waals surface area contributed by atoms with Gasteiger partial charge in [-0.3, -0.25) is 9.55 Å². The molecular weight excluding hydrogens is 194 g/mol. The van der Waals surface area contributed by atoms with E-state index in [0.29, 0.717) is 0 Å². The van der Waals surface area contributed by atoms with Gasteiger partial charge in [-0.2, -0.15) is 8.42 Å². The Balaban J connectivity index is 2.62. The molecule has 0 fully saturated rings. The first kappa shape index (κ1) is 9.94. The first-order chi connectivity index (χ1) is 5.99. The third-order valence-electron chi connectivity index (χ3n) is 1.42. The van der Waals surface area contributed by atoms with Crippen molar-refractivity contribution in [1.82, 2.24) is 0 Å². The molecule has 1 aliphatic rings. The lowest BCUT2D eigenvalue weighted by Crippen LogP contribution is -2.25. The predicted molar refractivity (Wildman–Crippen MR) is 45.6 cm³/mol. The highest BCUT2D eigenvalue weighted by Crippen LogP contribution is 2.08. The summed E-state index contributed by atoms with van der Waals surface area (Å²) >= 11 is 0. The number of nitrogens with zero attached hydrogens (tertiary/aromatic N) is 1. The van der Waals surface area contributed by atoms with Crippen molar-refractivity contribution in [2.24, 2.45) is 10.9 Å². The average Bonchev–Trinajstić information content (AvgIpc) is 2.50. The minimum Gasteiger partial charge on any atom is -0.861 e. The zero-order valence-corrected chi connectivity index (χ0v) is 7.44. The third-order valence-corrected chi connectivity index (χ3v) is 1.87. The highest BCUT2D eigenvalue weighted by atomic mass is 32.2. The maximum atomic E-state index is 11.0. The van der Waals surface area contributed by atoms with E-state index in [1.807, 2.05) is 0 Å². The zero-order valence-electron chi connectivity index (χ0n) is 6.62. The van der Waals surface area contributed by atoms with Crippen molar-refractivity contribution >= 4 is 16.0 Å². The summed E-state index contributed by atoms with van der Waals surface area (Å²) in [6.45, 7) is 0. The smallest absolute Gasteiger partial charge is 0.285 e. The van der Waals surface area contributed by atoms with E-state index in [-0.39, 0.29) is 0 Å². The summed E-state index contributed by atoms with van der Waals surface area (Å²) in [4.78, 5) is 3.20. The van der Waals surface area contributed by atoms with E-state index in [9.17, 15) is 13.5 Å². The maximum absolute atomic E-state index is 11.0. The fourth-order valence-electron chi connectivity index (χ4n) is 0.847.